The van der Waals surface area contributed by atoms with E-state index in [9.17, 15) is 4.79 Å². The Labute approximate surface area is 93.5 Å². The molecule has 0 aliphatic rings. The van der Waals surface area contributed by atoms with Crippen molar-refractivity contribution in [2.45, 2.75) is 6.42 Å². The maximum Gasteiger partial charge on any atom is 0.317 e. The fourth-order valence-electron chi connectivity index (χ4n) is 1.02. The third-order valence-electron chi connectivity index (χ3n) is 1.81. The van der Waals surface area contributed by atoms with Gasteiger partial charge in [0.05, 0.1) is 7.11 Å². The van der Waals surface area contributed by atoms with Gasteiger partial charge in [0.15, 0.2) is 5.71 Å². The lowest BCUT2D eigenvalue weighted by Crippen LogP contribution is -2.00. The van der Waals surface area contributed by atoms with Crippen LogP contribution in [0.3, 0.4) is 0 Å². The van der Waals surface area contributed by atoms with E-state index < -0.39 is 5.97 Å². The first-order chi connectivity index (χ1) is 7.77. The van der Waals surface area contributed by atoms with Gasteiger partial charge in [0.1, 0.15) is 6.42 Å². The summed E-state index contributed by atoms with van der Waals surface area (Å²) in [5.41, 5.74) is 0.923. The Balaban J connectivity index is 2.75. The van der Waals surface area contributed by atoms with Crippen LogP contribution in [0.1, 0.15) is 12.0 Å². The highest BCUT2D eigenvalue weighted by Crippen LogP contribution is 2.00. The van der Waals surface area contributed by atoms with Gasteiger partial charge >= 0.3 is 5.97 Å². The molecule has 16 heavy (non-hydrogen) atoms. The van der Waals surface area contributed by atoms with Gasteiger partial charge in [0, 0.05) is 5.56 Å². The lowest BCUT2D eigenvalue weighted by Gasteiger charge is -1.95. The summed E-state index contributed by atoms with van der Waals surface area (Å²) in [5, 5.41) is 11.8. The molecule has 0 aliphatic heterocycles. The van der Waals surface area contributed by atoms with Crippen molar-refractivity contribution in [1.82, 2.24) is 0 Å². The number of hydrogen-bond acceptors (Lipinski definition) is 4. The molecule has 0 unspecified atom stereocenters. The number of benzene rings is 1. The van der Waals surface area contributed by atoms with Crippen LogP contribution in [0.2, 0.25) is 0 Å². The lowest BCUT2D eigenvalue weighted by atomic mass is 10.1. The Kier molecular flexibility index (Phi) is 4.61. The summed E-state index contributed by atoms with van der Waals surface area (Å²) in [6.07, 6.45) is -0.0254. The van der Waals surface area contributed by atoms with E-state index in [1.165, 1.54) is 7.11 Å². The Morgan fingerprint density at radius 2 is 2.12 bits per heavy atom. The van der Waals surface area contributed by atoms with Gasteiger partial charge in [-0.05, 0) is 5.92 Å². The smallest absolute Gasteiger partial charge is 0.317 e. The molecule has 1 N–H and O–H groups in total. The van der Waals surface area contributed by atoms with Gasteiger partial charge in [-0.15, -0.1) is 0 Å². The second kappa shape index (κ2) is 6.25. The van der Waals surface area contributed by atoms with E-state index >= 15 is 0 Å². The first kappa shape index (κ1) is 11.8. The second-order valence-corrected chi connectivity index (χ2v) is 2.87. The van der Waals surface area contributed by atoms with Gasteiger partial charge in [0.2, 0.25) is 0 Å². The maximum absolute atomic E-state index is 10.8. The van der Waals surface area contributed by atoms with Gasteiger partial charge in [-0.1, -0.05) is 41.4 Å². The molecular weight excluding hydrogens is 206 g/mol. The van der Waals surface area contributed by atoms with Crippen LogP contribution in [0.25, 0.3) is 0 Å². The summed E-state index contributed by atoms with van der Waals surface area (Å²) >= 11 is 0. The van der Waals surface area contributed by atoms with E-state index in [1.54, 1.807) is 12.1 Å². The first-order valence-corrected chi connectivity index (χ1v) is 4.61. The number of esters is 1. The van der Waals surface area contributed by atoms with E-state index in [1.807, 2.05) is 18.2 Å². The highest BCUT2D eigenvalue weighted by molar-refractivity contribution is 6.12. The van der Waals surface area contributed by atoms with Crippen LogP contribution < -0.4 is 0 Å². The van der Waals surface area contributed by atoms with E-state index in [-0.39, 0.29) is 12.1 Å². The molecule has 0 bridgehead atoms. The molecule has 1 aromatic carbocycles. The van der Waals surface area contributed by atoms with Crippen LogP contribution in [0.4, 0.5) is 0 Å². The summed E-state index contributed by atoms with van der Waals surface area (Å²) in [7, 11) is 1.29. The van der Waals surface area contributed by atoms with Crippen molar-refractivity contribution < 1.29 is 14.7 Å². The predicted octanol–water partition coefficient (Wildman–Crippen LogP) is 1.43. The van der Waals surface area contributed by atoms with Gasteiger partial charge in [-0.2, -0.15) is 0 Å². The number of hydrogen-bond donors (Lipinski definition) is 1. The zero-order valence-electron chi connectivity index (χ0n) is 8.80. The van der Waals surface area contributed by atoms with Crippen molar-refractivity contribution in [3.63, 3.8) is 0 Å². The highest BCUT2D eigenvalue weighted by Gasteiger charge is 1.99. The molecule has 0 fully saturated rings. The fourth-order valence-corrected chi connectivity index (χ4v) is 1.02. The molecule has 1 rings (SSSR count). The molecule has 0 amide bonds. The molecule has 4 nitrogen and oxygen atoms in total. The maximum atomic E-state index is 10.8. The number of rotatable bonds is 2. The normalized spacial score (nSPS) is 10.2. The topological polar surface area (TPSA) is 58.9 Å². The van der Waals surface area contributed by atoms with Crippen molar-refractivity contribution in [3.05, 3.63) is 35.9 Å². The highest BCUT2D eigenvalue weighted by atomic mass is 16.5. The largest absolute Gasteiger partial charge is 0.468 e. The average Bonchev–Trinajstić information content (AvgIpc) is 2.35. The molecule has 0 radical (unpaired) electrons. The summed E-state index contributed by atoms with van der Waals surface area (Å²) in [5.74, 6) is 4.75. The van der Waals surface area contributed by atoms with Gasteiger partial charge in [0.25, 0.3) is 0 Å². The van der Waals surface area contributed by atoms with Crippen LogP contribution >= 0.6 is 0 Å². The number of ether oxygens (including phenoxy) is 1. The Morgan fingerprint density at radius 3 is 2.69 bits per heavy atom. The van der Waals surface area contributed by atoms with E-state index in [4.69, 9.17) is 5.21 Å². The average molecular weight is 217 g/mol. The first-order valence-electron chi connectivity index (χ1n) is 4.61. The predicted molar refractivity (Wildman–Crippen MR) is 59.2 cm³/mol. The molecule has 0 saturated heterocycles. The van der Waals surface area contributed by atoms with Crippen molar-refractivity contribution in [1.29, 1.82) is 0 Å². The Morgan fingerprint density at radius 1 is 1.44 bits per heavy atom. The second-order valence-electron chi connectivity index (χ2n) is 2.87. The molecule has 1 aromatic rings. The third kappa shape index (κ3) is 3.46. The zero-order chi connectivity index (χ0) is 11.8. The fraction of sp³-hybridized carbons (Fsp3) is 0.167. The van der Waals surface area contributed by atoms with Crippen molar-refractivity contribution >= 4 is 11.7 Å². The van der Waals surface area contributed by atoms with E-state index in [0.29, 0.717) is 5.56 Å². The monoisotopic (exact) mass is 217 g/mol. The number of nitrogens with zero attached hydrogens (tertiary/aromatic N) is 1. The summed E-state index contributed by atoms with van der Waals surface area (Å²) in [4.78, 5) is 10.8. The van der Waals surface area contributed by atoms with Crippen LogP contribution in [-0.4, -0.2) is 24.0 Å². The van der Waals surface area contributed by atoms with Gasteiger partial charge < -0.3 is 9.94 Å². The van der Waals surface area contributed by atoms with E-state index in [2.05, 4.69) is 21.7 Å². The van der Waals surface area contributed by atoms with Crippen LogP contribution in [0, 0.1) is 11.8 Å². The molecule has 0 saturated carbocycles. The molecule has 0 spiro atoms. The molecule has 0 aromatic heterocycles. The van der Waals surface area contributed by atoms with Crippen molar-refractivity contribution in [3.8, 4) is 11.8 Å². The van der Waals surface area contributed by atoms with E-state index in [0.717, 1.165) is 0 Å². The minimum absolute atomic E-state index is 0.0254. The number of carbonyl (C=O) groups is 1. The Hall–Kier alpha value is -2.28. The van der Waals surface area contributed by atoms with Crippen LogP contribution in [-0.2, 0) is 9.53 Å². The quantitative estimate of drug-likeness (QED) is 0.268. The lowest BCUT2D eigenvalue weighted by molar-refractivity contribution is -0.139. The molecule has 82 valence electrons. The Bertz CT molecular complexity index is 440. The van der Waals surface area contributed by atoms with Gasteiger partial charge in [-0.3, -0.25) is 4.79 Å². The summed E-state index contributed by atoms with van der Waals surface area (Å²) in [6, 6.07) is 9.00. The van der Waals surface area contributed by atoms with Crippen LogP contribution in [0.5, 0.6) is 0 Å². The number of methoxy groups -OCH3 is 1. The molecule has 0 heterocycles. The van der Waals surface area contributed by atoms with Crippen molar-refractivity contribution in [2.75, 3.05) is 7.11 Å². The summed E-state index contributed by atoms with van der Waals surface area (Å²) in [6.45, 7) is 0. The standard InChI is InChI=1S/C12H11NO3/c1-16-12(14)9-5-8-11(13-15)10-6-3-2-4-7-10/h2-4,6-7,15H,9H2,1H3/b13-11+. The summed E-state index contributed by atoms with van der Waals surface area (Å²) < 4.78 is 4.43. The van der Waals surface area contributed by atoms with Crippen LogP contribution in [0.15, 0.2) is 35.5 Å². The third-order valence-corrected chi connectivity index (χ3v) is 1.81. The van der Waals surface area contributed by atoms with Crippen molar-refractivity contribution in [2.24, 2.45) is 5.16 Å². The molecular formula is C12H11NO3. The zero-order valence-corrected chi connectivity index (χ0v) is 8.80. The number of oxime groups is 1. The van der Waals surface area contributed by atoms with Gasteiger partial charge in [-0.25, -0.2) is 0 Å². The molecule has 0 aliphatic carbocycles. The molecule has 0 atom stereocenters. The SMILES string of the molecule is COC(=O)CC#C/C(=N\O)c1ccccc1. The number of carbonyl (C=O) groups excluding carboxylic acids is 1. The minimum Gasteiger partial charge on any atom is -0.468 e. The molecule has 4 heteroatoms. The minimum atomic E-state index is -0.419.